The normalized spacial score (nSPS) is 9.14. The van der Waals surface area contributed by atoms with Crippen LogP contribution in [0.4, 0.5) is 9.59 Å². The van der Waals surface area contributed by atoms with Gasteiger partial charge in [-0.25, -0.2) is 19.2 Å². The molecular formula is C14H12N6O8. The number of ether oxygens (including phenoxy) is 4. The van der Waals surface area contributed by atoms with Crippen molar-refractivity contribution in [3.63, 3.8) is 0 Å². The standard InChI is InChI=1S/C14H12N6O8/c15-19-17-13(23)27-6-4-25-11(21)9-2-1-3-10(8-9)12(22)26-5-7-28-14(24)18-20-16/h1-3,8H,4-7H2. The summed E-state index contributed by atoms with van der Waals surface area (Å²) >= 11 is 0. The summed E-state index contributed by atoms with van der Waals surface area (Å²) in [6.45, 7) is -1.23. The van der Waals surface area contributed by atoms with Crippen molar-refractivity contribution in [2.24, 2.45) is 10.2 Å². The first kappa shape index (κ1) is 21.8. The molecule has 146 valence electrons. The fraction of sp³-hybridized carbons (Fsp3) is 0.286. The van der Waals surface area contributed by atoms with Crippen molar-refractivity contribution >= 4 is 24.1 Å². The molecule has 1 rings (SSSR count). The average molecular weight is 392 g/mol. The van der Waals surface area contributed by atoms with Crippen molar-refractivity contribution in [1.29, 1.82) is 0 Å². The fourth-order valence-electron chi connectivity index (χ4n) is 1.60. The van der Waals surface area contributed by atoms with Crippen LogP contribution in [0.15, 0.2) is 34.5 Å². The molecule has 0 saturated heterocycles. The van der Waals surface area contributed by atoms with Crippen LogP contribution in [-0.4, -0.2) is 50.6 Å². The molecule has 0 unspecified atom stereocenters. The zero-order valence-corrected chi connectivity index (χ0v) is 14.1. The highest BCUT2D eigenvalue weighted by atomic mass is 16.6. The first-order valence-electron chi connectivity index (χ1n) is 7.36. The molecule has 0 bridgehead atoms. The van der Waals surface area contributed by atoms with Crippen LogP contribution in [0.5, 0.6) is 0 Å². The van der Waals surface area contributed by atoms with Crippen molar-refractivity contribution in [1.82, 2.24) is 0 Å². The van der Waals surface area contributed by atoms with E-state index in [1.165, 1.54) is 24.3 Å². The van der Waals surface area contributed by atoms with Gasteiger partial charge in [0.1, 0.15) is 26.4 Å². The SMILES string of the molecule is [N-]=[N+]=NC(=O)OCCOC(=O)c1cccc(C(=O)OCCOC(=O)N=[N+]=[N-])c1. The monoisotopic (exact) mass is 392 g/mol. The molecule has 0 fully saturated rings. The molecule has 0 spiro atoms. The third kappa shape index (κ3) is 8.20. The third-order valence-electron chi connectivity index (χ3n) is 2.67. The van der Waals surface area contributed by atoms with E-state index in [-0.39, 0.29) is 37.6 Å². The van der Waals surface area contributed by atoms with Crippen LogP contribution in [0.25, 0.3) is 20.9 Å². The Labute approximate surface area is 156 Å². The lowest BCUT2D eigenvalue weighted by Crippen LogP contribution is -2.14. The van der Waals surface area contributed by atoms with E-state index >= 15 is 0 Å². The third-order valence-corrected chi connectivity index (χ3v) is 2.67. The van der Waals surface area contributed by atoms with E-state index in [4.69, 9.17) is 20.5 Å². The predicted octanol–water partition coefficient (Wildman–Crippen LogP) is 2.89. The number of hydrogen-bond donors (Lipinski definition) is 0. The zero-order valence-electron chi connectivity index (χ0n) is 14.1. The summed E-state index contributed by atoms with van der Waals surface area (Å²) in [5.41, 5.74) is 16.1. The van der Waals surface area contributed by atoms with Gasteiger partial charge in [-0.1, -0.05) is 6.07 Å². The Bertz CT molecular complexity index is 779. The maximum atomic E-state index is 11.9. The second-order valence-electron chi connectivity index (χ2n) is 4.46. The molecule has 1 aromatic carbocycles. The maximum Gasteiger partial charge on any atom is 0.396 e. The molecule has 0 saturated carbocycles. The van der Waals surface area contributed by atoms with Crippen LogP contribution in [-0.2, 0) is 18.9 Å². The summed E-state index contributed by atoms with van der Waals surface area (Å²) in [5, 5.41) is 5.32. The molecule has 28 heavy (non-hydrogen) atoms. The Morgan fingerprint density at radius 2 is 1.14 bits per heavy atom. The zero-order chi connectivity index (χ0) is 20.8. The second kappa shape index (κ2) is 12.1. The highest BCUT2D eigenvalue weighted by Gasteiger charge is 2.13. The maximum absolute atomic E-state index is 11.9. The van der Waals surface area contributed by atoms with Crippen molar-refractivity contribution in [3.8, 4) is 0 Å². The van der Waals surface area contributed by atoms with Gasteiger partial charge in [0.2, 0.25) is 0 Å². The number of benzene rings is 1. The van der Waals surface area contributed by atoms with Crippen LogP contribution < -0.4 is 0 Å². The van der Waals surface area contributed by atoms with E-state index in [2.05, 4.69) is 29.5 Å². The topological polar surface area (TPSA) is 203 Å². The van der Waals surface area contributed by atoms with Gasteiger partial charge in [0.05, 0.1) is 11.1 Å². The Kier molecular flexibility index (Phi) is 9.43. The minimum Gasteiger partial charge on any atom is -0.458 e. The Hall–Kier alpha value is -4.28. The molecule has 14 heteroatoms. The number of rotatable bonds is 8. The molecule has 0 aliphatic carbocycles. The van der Waals surface area contributed by atoms with Gasteiger partial charge in [-0.15, -0.1) is 0 Å². The summed E-state index contributed by atoms with van der Waals surface area (Å²) in [6, 6.07) is 5.39. The average Bonchev–Trinajstić information content (AvgIpc) is 2.68. The van der Waals surface area contributed by atoms with Gasteiger partial charge in [0.25, 0.3) is 0 Å². The molecule has 0 radical (unpaired) electrons. The Morgan fingerprint density at radius 1 is 0.750 bits per heavy atom. The van der Waals surface area contributed by atoms with Crippen molar-refractivity contribution in [3.05, 3.63) is 56.3 Å². The Balaban J connectivity index is 2.46. The number of hydrogen-bond acceptors (Lipinski definition) is 8. The molecule has 1 aromatic rings. The van der Waals surface area contributed by atoms with Crippen LogP contribution in [0.2, 0.25) is 0 Å². The first-order chi connectivity index (χ1) is 13.5. The van der Waals surface area contributed by atoms with E-state index < -0.39 is 24.1 Å². The van der Waals surface area contributed by atoms with Gasteiger partial charge in [0.15, 0.2) is 0 Å². The highest BCUT2D eigenvalue weighted by molar-refractivity contribution is 5.95. The number of carbonyl (C=O) groups is 4. The lowest BCUT2D eigenvalue weighted by molar-refractivity contribution is 0.0403. The van der Waals surface area contributed by atoms with Gasteiger partial charge < -0.3 is 18.9 Å². The van der Waals surface area contributed by atoms with Gasteiger partial charge in [0, 0.05) is 20.1 Å². The van der Waals surface area contributed by atoms with Crippen LogP contribution >= 0.6 is 0 Å². The fourth-order valence-corrected chi connectivity index (χ4v) is 1.60. The molecule has 14 nitrogen and oxygen atoms in total. The first-order valence-corrected chi connectivity index (χ1v) is 7.36. The molecule has 0 aliphatic rings. The molecule has 0 heterocycles. The number of amides is 2. The highest BCUT2D eigenvalue weighted by Crippen LogP contribution is 2.08. The van der Waals surface area contributed by atoms with Gasteiger partial charge >= 0.3 is 24.1 Å². The van der Waals surface area contributed by atoms with Gasteiger partial charge in [-0.2, -0.15) is 0 Å². The predicted molar refractivity (Wildman–Crippen MR) is 88.0 cm³/mol. The van der Waals surface area contributed by atoms with Crippen LogP contribution in [0, 0.1) is 0 Å². The summed E-state index contributed by atoms with van der Waals surface area (Å²) < 4.78 is 18.6. The quantitative estimate of drug-likeness (QED) is 0.160. The number of esters is 2. The van der Waals surface area contributed by atoms with Crippen molar-refractivity contribution in [2.75, 3.05) is 26.4 Å². The summed E-state index contributed by atoms with van der Waals surface area (Å²) in [5.74, 6) is -1.59. The smallest absolute Gasteiger partial charge is 0.396 e. The number of nitrogens with zero attached hydrogens (tertiary/aromatic N) is 6. The molecule has 0 aliphatic heterocycles. The number of carbonyl (C=O) groups excluding carboxylic acids is 4. The van der Waals surface area contributed by atoms with Gasteiger partial charge in [-0.3, -0.25) is 0 Å². The van der Waals surface area contributed by atoms with E-state index in [0.29, 0.717) is 0 Å². The van der Waals surface area contributed by atoms with Crippen LogP contribution in [0.1, 0.15) is 20.7 Å². The molecular weight excluding hydrogens is 380 g/mol. The number of azide groups is 2. The molecule has 2 amide bonds. The van der Waals surface area contributed by atoms with E-state index in [1.54, 1.807) is 0 Å². The molecule has 0 aromatic heterocycles. The lowest BCUT2D eigenvalue weighted by atomic mass is 10.1. The molecule has 0 N–H and O–H groups in total. The van der Waals surface area contributed by atoms with E-state index in [0.717, 1.165) is 0 Å². The summed E-state index contributed by atoms with van der Waals surface area (Å²) in [4.78, 5) is 49.8. The summed E-state index contributed by atoms with van der Waals surface area (Å²) in [6.07, 6.45) is -2.32. The lowest BCUT2D eigenvalue weighted by Gasteiger charge is -2.07. The minimum atomic E-state index is -1.16. The molecule has 0 atom stereocenters. The van der Waals surface area contributed by atoms with E-state index in [1.807, 2.05) is 0 Å². The summed E-state index contributed by atoms with van der Waals surface area (Å²) in [7, 11) is 0. The minimum absolute atomic E-state index is 0.0330. The van der Waals surface area contributed by atoms with Gasteiger partial charge in [-0.05, 0) is 29.3 Å². The Morgan fingerprint density at radius 3 is 1.54 bits per heavy atom. The van der Waals surface area contributed by atoms with Crippen LogP contribution in [0.3, 0.4) is 0 Å². The largest absolute Gasteiger partial charge is 0.458 e. The van der Waals surface area contributed by atoms with Crippen molar-refractivity contribution < 1.29 is 38.1 Å². The van der Waals surface area contributed by atoms with E-state index in [9.17, 15) is 19.2 Å². The van der Waals surface area contributed by atoms with Crippen molar-refractivity contribution in [2.45, 2.75) is 0 Å². The second-order valence-corrected chi connectivity index (χ2v) is 4.46.